The van der Waals surface area contributed by atoms with Crippen LogP contribution >= 0.6 is 0 Å². The van der Waals surface area contributed by atoms with Crippen LogP contribution in [0.15, 0.2) is 48.9 Å². The number of anilines is 1. The number of benzene rings is 1. The summed E-state index contributed by atoms with van der Waals surface area (Å²) in [6.45, 7) is -1.37. The average molecular weight is 403 g/mol. The lowest BCUT2D eigenvalue weighted by Gasteiger charge is -2.12. The van der Waals surface area contributed by atoms with Crippen molar-refractivity contribution in [3.05, 3.63) is 54.5 Å². The molecule has 0 saturated carbocycles. The van der Waals surface area contributed by atoms with E-state index in [9.17, 15) is 18.4 Å². The first-order valence-corrected chi connectivity index (χ1v) is 8.30. The van der Waals surface area contributed by atoms with Crippen LogP contribution in [-0.4, -0.2) is 43.3 Å². The van der Waals surface area contributed by atoms with Gasteiger partial charge in [0, 0.05) is 18.0 Å². The Hall–Kier alpha value is -3.89. The van der Waals surface area contributed by atoms with Crippen LogP contribution in [-0.2, 0) is 4.79 Å². The van der Waals surface area contributed by atoms with Crippen LogP contribution in [0.25, 0.3) is 11.3 Å². The van der Waals surface area contributed by atoms with Crippen molar-refractivity contribution in [2.75, 3.05) is 5.32 Å². The van der Waals surface area contributed by atoms with Crippen LogP contribution in [0, 0.1) is 0 Å². The van der Waals surface area contributed by atoms with E-state index in [0.717, 1.165) is 6.20 Å². The Labute approximate surface area is 163 Å². The quantitative estimate of drug-likeness (QED) is 0.622. The number of hydrogen-bond acceptors (Lipinski definition) is 6. The Morgan fingerprint density at radius 1 is 1.21 bits per heavy atom. The predicted octanol–water partition coefficient (Wildman–Crippen LogP) is 2.84. The summed E-state index contributed by atoms with van der Waals surface area (Å²) in [6, 6.07) is 6.63. The molecule has 1 unspecified atom stereocenters. The first kappa shape index (κ1) is 19.9. The molecule has 1 atom stereocenters. The van der Waals surface area contributed by atoms with Crippen LogP contribution < -0.4 is 10.1 Å². The van der Waals surface area contributed by atoms with E-state index in [4.69, 9.17) is 5.11 Å². The van der Waals surface area contributed by atoms with Gasteiger partial charge in [0.15, 0.2) is 0 Å². The van der Waals surface area contributed by atoms with E-state index >= 15 is 0 Å². The Bertz CT molecular complexity index is 1020. The summed E-state index contributed by atoms with van der Waals surface area (Å²) in [5.41, 5.74) is 1.02. The van der Waals surface area contributed by atoms with Gasteiger partial charge < -0.3 is 9.84 Å². The number of rotatable bonds is 7. The van der Waals surface area contributed by atoms with Crippen LogP contribution in [0.5, 0.6) is 5.75 Å². The number of carboxylic acid groups (broad SMARTS) is 1. The Morgan fingerprint density at radius 2 is 1.93 bits per heavy atom. The molecule has 11 heteroatoms. The van der Waals surface area contributed by atoms with E-state index in [1.165, 1.54) is 29.2 Å². The zero-order chi connectivity index (χ0) is 21.0. The lowest BCUT2D eigenvalue weighted by atomic mass is 10.1. The van der Waals surface area contributed by atoms with Crippen molar-refractivity contribution in [3.8, 4) is 17.0 Å². The highest BCUT2D eigenvalue weighted by atomic mass is 19.3. The summed E-state index contributed by atoms with van der Waals surface area (Å²) in [5, 5.41) is 15.3. The first-order valence-electron chi connectivity index (χ1n) is 8.30. The van der Waals surface area contributed by atoms with E-state index in [-0.39, 0.29) is 17.3 Å². The molecule has 0 radical (unpaired) electrons. The molecule has 0 aliphatic heterocycles. The van der Waals surface area contributed by atoms with Gasteiger partial charge in [0.05, 0.1) is 17.5 Å². The fourth-order valence-electron chi connectivity index (χ4n) is 2.38. The molecule has 0 fully saturated rings. The molecule has 0 bridgehead atoms. The number of nitrogens with one attached hydrogen (secondary N) is 1. The molecule has 1 aromatic carbocycles. The maximum absolute atomic E-state index is 12.4. The predicted molar refractivity (Wildman–Crippen MR) is 96.6 cm³/mol. The molecule has 150 valence electrons. The number of alkyl halides is 2. The van der Waals surface area contributed by atoms with Gasteiger partial charge in [-0.2, -0.15) is 13.9 Å². The second kappa shape index (κ2) is 8.42. The maximum Gasteiger partial charge on any atom is 0.387 e. The Balaban J connectivity index is 1.71. The topological polar surface area (TPSA) is 119 Å². The van der Waals surface area contributed by atoms with Gasteiger partial charge in [0.1, 0.15) is 11.8 Å². The molecule has 0 aliphatic carbocycles. The molecule has 3 aromatic rings. The summed E-state index contributed by atoms with van der Waals surface area (Å²) in [7, 11) is 0. The third-order valence-electron chi connectivity index (χ3n) is 3.89. The number of halogens is 2. The van der Waals surface area contributed by atoms with Crippen molar-refractivity contribution in [2.24, 2.45) is 0 Å². The fourth-order valence-corrected chi connectivity index (χ4v) is 2.38. The standard InChI is InChI=1S/C18H15F2N5O4/c1-10(25-9-12(8-22-25)16(27)28)15(26)24-18-21-7-6-14(23-18)11-2-4-13(5-3-11)29-17(19)20/h2-10,17H,1H3,(H,27,28)(H,21,23,24,26). The first-order chi connectivity index (χ1) is 13.8. The van der Waals surface area contributed by atoms with Gasteiger partial charge in [-0.3, -0.25) is 14.8 Å². The van der Waals surface area contributed by atoms with E-state index in [1.54, 1.807) is 25.1 Å². The number of hydrogen-bond donors (Lipinski definition) is 2. The maximum atomic E-state index is 12.4. The summed E-state index contributed by atoms with van der Waals surface area (Å²) in [6.07, 6.45) is 3.82. The highest BCUT2D eigenvalue weighted by Crippen LogP contribution is 2.22. The lowest BCUT2D eigenvalue weighted by molar-refractivity contribution is -0.119. The van der Waals surface area contributed by atoms with Gasteiger partial charge in [-0.05, 0) is 37.3 Å². The van der Waals surface area contributed by atoms with Gasteiger partial charge >= 0.3 is 12.6 Å². The largest absolute Gasteiger partial charge is 0.478 e. The van der Waals surface area contributed by atoms with E-state index in [2.05, 4.69) is 25.1 Å². The highest BCUT2D eigenvalue weighted by molar-refractivity contribution is 5.92. The summed E-state index contributed by atoms with van der Waals surface area (Å²) in [4.78, 5) is 31.5. The monoisotopic (exact) mass is 403 g/mol. The molecule has 2 N–H and O–H groups in total. The van der Waals surface area contributed by atoms with Crippen molar-refractivity contribution in [1.82, 2.24) is 19.7 Å². The van der Waals surface area contributed by atoms with Crippen molar-refractivity contribution in [1.29, 1.82) is 0 Å². The molecule has 0 aliphatic rings. The van der Waals surface area contributed by atoms with E-state index in [0.29, 0.717) is 11.3 Å². The van der Waals surface area contributed by atoms with Crippen LogP contribution in [0.1, 0.15) is 23.3 Å². The normalized spacial score (nSPS) is 11.9. The lowest BCUT2D eigenvalue weighted by Crippen LogP contribution is -2.25. The molecule has 0 spiro atoms. The van der Waals surface area contributed by atoms with Gasteiger partial charge in [-0.1, -0.05) is 0 Å². The number of carbonyl (C=O) groups excluding carboxylic acids is 1. The van der Waals surface area contributed by atoms with Crippen molar-refractivity contribution in [2.45, 2.75) is 19.6 Å². The van der Waals surface area contributed by atoms with E-state index < -0.39 is 24.5 Å². The minimum atomic E-state index is -2.91. The Kier molecular flexibility index (Phi) is 5.77. The third kappa shape index (κ3) is 4.89. The molecule has 0 saturated heterocycles. The van der Waals surface area contributed by atoms with Gasteiger partial charge in [0.25, 0.3) is 5.91 Å². The average Bonchev–Trinajstić information content (AvgIpc) is 3.18. The second-order valence-electron chi connectivity index (χ2n) is 5.85. The van der Waals surface area contributed by atoms with Crippen LogP contribution in [0.3, 0.4) is 0 Å². The molecule has 2 aromatic heterocycles. The molecule has 29 heavy (non-hydrogen) atoms. The second-order valence-corrected chi connectivity index (χ2v) is 5.85. The molecule has 2 heterocycles. The molecule has 3 rings (SSSR count). The zero-order valence-electron chi connectivity index (χ0n) is 15.0. The molecular formula is C18H15F2N5O4. The van der Waals surface area contributed by atoms with Crippen molar-refractivity contribution in [3.63, 3.8) is 0 Å². The third-order valence-corrected chi connectivity index (χ3v) is 3.89. The number of carboxylic acids is 1. The smallest absolute Gasteiger partial charge is 0.387 e. The number of aromatic carboxylic acids is 1. The van der Waals surface area contributed by atoms with Crippen LogP contribution in [0.4, 0.5) is 14.7 Å². The Morgan fingerprint density at radius 3 is 2.55 bits per heavy atom. The summed E-state index contributed by atoms with van der Waals surface area (Å²) < 4.78 is 30.0. The number of nitrogens with zero attached hydrogens (tertiary/aromatic N) is 4. The number of carbonyl (C=O) groups is 2. The van der Waals surface area contributed by atoms with Gasteiger partial charge in [-0.25, -0.2) is 14.8 Å². The number of ether oxygens (including phenoxy) is 1. The van der Waals surface area contributed by atoms with Gasteiger partial charge in [-0.15, -0.1) is 0 Å². The highest BCUT2D eigenvalue weighted by Gasteiger charge is 2.19. The number of aromatic nitrogens is 4. The SMILES string of the molecule is CC(C(=O)Nc1nccc(-c2ccc(OC(F)F)cc2)n1)n1cc(C(=O)O)cn1. The minimum absolute atomic E-state index is 0.0140. The molecular weight excluding hydrogens is 388 g/mol. The van der Waals surface area contributed by atoms with Gasteiger partial charge in [0.2, 0.25) is 5.95 Å². The minimum Gasteiger partial charge on any atom is -0.478 e. The van der Waals surface area contributed by atoms with Crippen molar-refractivity contribution >= 4 is 17.8 Å². The molecule has 9 nitrogen and oxygen atoms in total. The van der Waals surface area contributed by atoms with E-state index in [1.807, 2.05) is 0 Å². The molecule has 1 amide bonds. The summed E-state index contributed by atoms with van der Waals surface area (Å²) >= 11 is 0. The van der Waals surface area contributed by atoms with Crippen LogP contribution in [0.2, 0.25) is 0 Å². The fraction of sp³-hybridized carbons (Fsp3) is 0.167. The number of amides is 1. The summed E-state index contributed by atoms with van der Waals surface area (Å²) in [5.74, 6) is -1.61. The zero-order valence-corrected chi connectivity index (χ0v) is 15.0. The van der Waals surface area contributed by atoms with Crippen molar-refractivity contribution < 1.29 is 28.2 Å².